The van der Waals surface area contributed by atoms with Crippen molar-refractivity contribution in [3.8, 4) is 0 Å². The van der Waals surface area contributed by atoms with E-state index < -0.39 is 9.84 Å². The first-order valence-corrected chi connectivity index (χ1v) is 9.72. The lowest BCUT2D eigenvalue weighted by molar-refractivity contribution is 0.160. The Kier molecular flexibility index (Phi) is 4.07. The van der Waals surface area contributed by atoms with Crippen LogP contribution in [-0.4, -0.2) is 42.9 Å². The summed E-state index contributed by atoms with van der Waals surface area (Å²) < 4.78 is 23.6. The van der Waals surface area contributed by atoms with Gasteiger partial charge in [0, 0.05) is 18.3 Å². The van der Waals surface area contributed by atoms with Gasteiger partial charge in [-0.1, -0.05) is 23.7 Å². The van der Waals surface area contributed by atoms with Crippen molar-refractivity contribution >= 4 is 33.2 Å². The van der Waals surface area contributed by atoms with Crippen molar-refractivity contribution < 1.29 is 13.2 Å². The molecule has 3 rings (SSSR count). The fourth-order valence-electron chi connectivity index (χ4n) is 3.55. The van der Waals surface area contributed by atoms with Crippen molar-refractivity contribution in [2.75, 3.05) is 11.6 Å². The molecule has 120 valence electrons. The number of nitrogens with zero attached hydrogens (tertiary/aromatic N) is 1. The van der Waals surface area contributed by atoms with Gasteiger partial charge in [-0.15, -0.1) is 0 Å². The zero-order valence-corrected chi connectivity index (χ0v) is 13.9. The highest BCUT2D eigenvalue weighted by atomic mass is 35.5. The number of fused-ring (bicyclic) bond motifs is 2. The Hall–Kier alpha value is -1.27. The molecule has 2 aliphatic heterocycles. The number of amides is 2. The van der Waals surface area contributed by atoms with E-state index in [2.05, 4.69) is 5.32 Å². The number of hydrogen-bond acceptors (Lipinski definition) is 3. The summed E-state index contributed by atoms with van der Waals surface area (Å²) in [5, 5.41) is 3.01. The number of anilines is 1. The number of hydrogen-bond donors (Lipinski definition) is 1. The molecule has 7 heteroatoms. The molecule has 0 aliphatic carbocycles. The van der Waals surface area contributed by atoms with Crippen LogP contribution in [0.5, 0.6) is 0 Å². The number of sulfone groups is 1. The summed E-state index contributed by atoms with van der Waals surface area (Å²) in [6.07, 6.45) is 4.09. The molecule has 1 aromatic rings. The third-order valence-corrected chi connectivity index (χ3v) is 6.57. The zero-order valence-electron chi connectivity index (χ0n) is 12.3. The normalized spacial score (nSPS) is 27.7. The molecule has 1 N–H and O–H groups in total. The summed E-state index contributed by atoms with van der Waals surface area (Å²) >= 11 is 6.07. The molecule has 2 unspecified atom stereocenters. The summed E-state index contributed by atoms with van der Waals surface area (Å²) in [5.74, 6) is 0. The molecule has 0 spiro atoms. The Bertz CT molecular complexity index is 678. The second-order valence-corrected chi connectivity index (χ2v) is 8.86. The van der Waals surface area contributed by atoms with Gasteiger partial charge >= 0.3 is 6.03 Å². The maximum atomic E-state index is 12.5. The molecule has 2 atom stereocenters. The van der Waals surface area contributed by atoms with Crippen molar-refractivity contribution in [2.45, 2.75) is 43.0 Å². The first-order valence-electron chi connectivity index (χ1n) is 7.39. The lowest BCUT2D eigenvalue weighted by Gasteiger charge is -2.38. The van der Waals surface area contributed by atoms with Crippen LogP contribution in [0.15, 0.2) is 24.3 Å². The monoisotopic (exact) mass is 342 g/mol. The van der Waals surface area contributed by atoms with Crippen LogP contribution >= 0.6 is 11.6 Å². The minimum absolute atomic E-state index is 0.000891. The van der Waals surface area contributed by atoms with E-state index in [0.717, 1.165) is 12.8 Å². The van der Waals surface area contributed by atoms with Crippen LogP contribution in [0.4, 0.5) is 10.5 Å². The number of carbonyl (C=O) groups is 1. The maximum absolute atomic E-state index is 12.5. The van der Waals surface area contributed by atoms with Gasteiger partial charge in [-0.25, -0.2) is 13.2 Å². The van der Waals surface area contributed by atoms with E-state index in [4.69, 9.17) is 11.6 Å². The molecule has 2 aliphatic rings. The third-order valence-electron chi connectivity index (χ3n) is 4.65. The predicted molar refractivity (Wildman–Crippen MR) is 87.0 cm³/mol. The SMILES string of the molecule is CS(=O)(=O)C1CC2CCC(C1)N2C(=O)Nc1ccccc1Cl. The highest BCUT2D eigenvalue weighted by molar-refractivity contribution is 7.91. The van der Waals surface area contributed by atoms with Gasteiger partial charge in [-0.2, -0.15) is 0 Å². The summed E-state index contributed by atoms with van der Waals surface area (Å²) in [6, 6.07) is 6.91. The summed E-state index contributed by atoms with van der Waals surface area (Å²) in [4.78, 5) is 14.4. The molecule has 2 saturated heterocycles. The second-order valence-electron chi connectivity index (χ2n) is 6.13. The maximum Gasteiger partial charge on any atom is 0.322 e. The quantitative estimate of drug-likeness (QED) is 0.898. The lowest BCUT2D eigenvalue weighted by Crippen LogP contribution is -2.51. The van der Waals surface area contributed by atoms with Gasteiger partial charge < -0.3 is 10.2 Å². The Morgan fingerprint density at radius 3 is 2.36 bits per heavy atom. The number of rotatable bonds is 2. The van der Waals surface area contributed by atoms with E-state index in [-0.39, 0.29) is 23.4 Å². The molecule has 2 amide bonds. The number of nitrogens with one attached hydrogen (secondary N) is 1. The molecule has 0 aromatic heterocycles. The van der Waals surface area contributed by atoms with Crippen molar-refractivity contribution in [2.24, 2.45) is 0 Å². The van der Waals surface area contributed by atoms with Gasteiger partial charge in [0.2, 0.25) is 0 Å². The van der Waals surface area contributed by atoms with Crippen LogP contribution in [0.1, 0.15) is 25.7 Å². The average molecular weight is 343 g/mol. The summed E-state index contributed by atoms with van der Waals surface area (Å²) in [5.41, 5.74) is 0.582. The predicted octanol–water partition coefficient (Wildman–Crippen LogP) is 2.91. The van der Waals surface area contributed by atoms with E-state index in [0.29, 0.717) is 23.6 Å². The van der Waals surface area contributed by atoms with Gasteiger partial charge in [0.05, 0.1) is 16.0 Å². The van der Waals surface area contributed by atoms with Gasteiger partial charge in [-0.3, -0.25) is 0 Å². The Balaban J connectivity index is 1.74. The summed E-state index contributed by atoms with van der Waals surface area (Å²) in [6.45, 7) is 0. The Morgan fingerprint density at radius 2 is 1.82 bits per heavy atom. The van der Waals surface area contributed by atoms with Crippen LogP contribution in [-0.2, 0) is 9.84 Å². The van der Waals surface area contributed by atoms with Crippen LogP contribution in [0, 0.1) is 0 Å². The fourth-order valence-corrected chi connectivity index (χ4v) is 4.88. The van der Waals surface area contributed by atoms with Crippen LogP contribution in [0.3, 0.4) is 0 Å². The van der Waals surface area contributed by atoms with E-state index in [1.54, 1.807) is 18.2 Å². The van der Waals surface area contributed by atoms with Gasteiger partial charge in [0.25, 0.3) is 0 Å². The van der Waals surface area contributed by atoms with Crippen molar-refractivity contribution in [3.05, 3.63) is 29.3 Å². The molecule has 2 heterocycles. The first kappa shape index (κ1) is 15.6. The molecular weight excluding hydrogens is 324 g/mol. The van der Waals surface area contributed by atoms with Gasteiger partial charge in [-0.05, 0) is 37.8 Å². The standard InChI is InChI=1S/C15H19ClN2O3S/c1-22(20,21)12-8-10-6-7-11(9-12)18(10)15(19)17-14-5-3-2-4-13(14)16/h2-5,10-12H,6-9H2,1H3,(H,17,19). The zero-order chi connectivity index (χ0) is 15.9. The highest BCUT2D eigenvalue weighted by Crippen LogP contribution is 2.38. The third kappa shape index (κ3) is 2.94. The second kappa shape index (κ2) is 5.74. The molecular formula is C15H19ClN2O3S. The largest absolute Gasteiger partial charge is 0.322 e. The number of carbonyl (C=O) groups excluding carboxylic acids is 1. The van der Waals surface area contributed by atoms with Crippen LogP contribution in [0.25, 0.3) is 0 Å². The fraction of sp³-hybridized carbons (Fsp3) is 0.533. The van der Waals surface area contributed by atoms with Crippen LogP contribution < -0.4 is 5.32 Å². The van der Waals surface area contributed by atoms with Crippen molar-refractivity contribution in [1.29, 1.82) is 0 Å². The minimum Gasteiger partial charge on any atom is -0.318 e. The molecule has 1 aromatic carbocycles. The van der Waals surface area contributed by atoms with E-state index in [1.807, 2.05) is 11.0 Å². The molecule has 5 nitrogen and oxygen atoms in total. The highest BCUT2D eigenvalue weighted by Gasteiger charge is 2.45. The summed E-state index contributed by atoms with van der Waals surface area (Å²) in [7, 11) is -3.05. The lowest BCUT2D eigenvalue weighted by atomic mass is 10.0. The topological polar surface area (TPSA) is 66.5 Å². The Labute approximate surface area is 135 Å². The smallest absolute Gasteiger partial charge is 0.318 e. The average Bonchev–Trinajstić information content (AvgIpc) is 2.70. The van der Waals surface area contributed by atoms with Gasteiger partial charge in [0.1, 0.15) is 9.84 Å². The number of benzene rings is 1. The number of halogens is 1. The van der Waals surface area contributed by atoms with E-state index in [1.165, 1.54) is 6.26 Å². The van der Waals surface area contributed by atoms with Gasteiger partial charge in [0.15, 0.2) is 0 Å². The molecule has 2 fully saturated rings. The van der Waals surface area contributed by atoms with Crippen LogP contribution in [0.2, 0.25) is 5.02 Å². The van der Waals surface area contributed by atoms with Crippen molar-refractivity contribution in [1.82, 2.24) is 4.90 Å². The van der Waals surface area contributed by atoms with E-state index in [9.17, 15) is 13.2 Å². The minimum atomic E-state index is -3.05. The molecule has 0 saturated carbocycles. The number of para-hydroxylation sites is 1. The molecule has 2 bridgehead atoms. The number of urea groups is 1. The Morgan fingerprint density at radius 1 is 1.23 bits per heavy atom. The molecule has 0 radical (unpaired) electrons. The number of piperidine rings is 1. The first-order chi connectivity index (χ1) is 10.4. The molecule has 22 heavy (non-hydrogen) atoms. The van der Waals surface area contributed by atoms with Crippen molar-refractivity contribution in [3.63, 3.8) is 0 Å². The van der Waals surface area contributed by atoms with E-state index >= 15 is 0 Å².